The zero-order valence-corrected chi connectivity index (χ0v) is 15.5. The third-order valence-electron chi connectivity index (χ3n) is 4.03. The Morgan fingerprint density at radius 1 is 1.22 bits per heavy atom. The minimum absolute atomic E-state index is 0.0216. The monoisotopic (exact) mass is 370 g/mol. The molecule has 0 bridgehead atoms. The van der Waals surface area contributed by atoms with Gasteiger partial charge in [-0.1, -0.05) is 36.8 Å². The summed E-state index contributed by atoms with van der Waals surface area (Å²) in [4.78, 5) is 35.0. The minimum atomic E-state index is -0.601. The highest BCUT2D eigenvalue weighted by Crippen LogP contribution is 2.27. The van der Waals surface area contributed by atoms with Crippen molar-refractivity contribution in [1.29, 1.82) is 0 Å². The van der Waals surface area contributed by atoms with Crippen molar-refractivity contribution in [2.75, 3.05) is 11.9 Å². The molecule has 0 aliphatic rings. The maximum Gasteiger partial charge on any atom is 0.338 e. The molecule has 27 heavy (non-hydrogen) atoms. The SMILES string of the molecule is CCOC(=O)c1ccc([N+](=O)[O-])c(NC(=O)C(C)Cc2cccc(C)c2)c1. The first kappa shape index (κ1) is 20.1. The molecule has 0 saturated heterocycles. The second kappa shape index (κ2) is 8.93. The Kier molecular flexibility index (Phi) is 6.65. The van der Waals surface area contributed by atoms with Crippen molar-refractivity contribution in [3.8, 4) is 0 Å². The van der Waals surface area contributed by atoms with Gasteiger partial charge in [-0.2, -0.15) is 0 Å². The minimum Gasteiger partial charge on any atom is -0.462 e. The van der Waals surface area contributed by atoms with Gasteiger partial charge in [0, 0.05) is 12.0 Å². The summed E-state index contributed by atoms with van der Waals surface area (Å²) in [5.74, 6) is -1.37. The van der Waals surface area contributed by atoms with E-state index in [9.17, 15) is 19.7 Å². The fourth-order valence-corrected chi connectivity index (χ4v) is 2.68. The van der Waals surface area contributed by atoms with Crippen LogP contribution in [0.2, 0.25) is 0 Å². The number of hydrogen-bond acceptors (Lipinski definition) is 5. The summed E-state index contributed by atoms with van der Waals surface area (Å²) >= 11 is 0. The Morgan fingerprint density at radius 3 is 2.59 bits per heavy atom. The first-order chi connectivity index (χ1) is 12.8. The van der Waals surface area contributed by atoms with Gasteiger partial charge in [-0.05, 0) is 38.0 Å². The van der Waals surface area contributed by atoms with E-state index in [2.05, 4.69) is 5.32 Å². The van der Waals surface area contributed by atoms with Gasteiger partial charge in [0.15, 0.2) is 0 Å². The number of nitrogens with zero attached hydrogens (tertiary/aromatic N) is 1. The predicted molar refractivity (Wildman–Crippen MR) is 102 cm³/mol. The second-order valence-electron chi connectivity index (χ2n) is 6.29. The molecule has 1 N–H and O–H groups in total. The molecule has 0 aromatic heterocycles. The Bertz CT molecular complexity index is 863. The highest BCUT2D eigenvalue weighted by molar-refractivity contribution is 5.97. The Labute approximate surface area is 157 Å². The highest BCUT2D eigenvalue weighted by Gasteiger charge is 2.21. The molecule has 0 aliphatic heterocycles. The van der Waals surface area contributed by atoms with Crippen LogP contribution in [0.1, 0.15) is 35.3 Å². The lowest BCUT2D eigenvalue weighted by atomic mass is 9.99. The molecule has 2 aromatic rings. The summed E-state index contributed by atoms with van der Waals surface area (Å²) < 4.78 is 4.90. The quantitative estimate of drug-likeness (QED) is 0.453. The number of carbonyl (C=O) groups is 2. The molecule has 0 heterocycles. The first-order valence-electron chi connectivity index (χ1n) is 8.63. The zero-order valence-electron chi connectivity index (χ0n) is 15.5. The van der Waals surface area contributed by atoms with Gasteiger partial charge >= 0.3 is 5.97 Å². The van der Waals surface area contributed by atoms with Gasteiger partial charge in [-0.3, -0.25) is 14.9 Å². The molecule has 2 aromatic carbocycles. The third kappa shape index (κ3) is 5.37. The van der Waals surface area contributed by atoms with Crippen molar-refractivity contribution in [3.63, 3.8) is 0 Å². The highest BCUT2D eigenvalue weighted by atomic mass is 16.6. The number of nitrogens with one attached hydrogen (secondary N) is 1. The summed E-state index contributed by atoms with van der Waals surface area (Å²) in [6.07, 6.45) is 0.499. The standard InChI is InChI=1S/C20H22N2O5/c1-4-27-20(24)16-8-9-18(22(25)26)17(12-16)21-19(23)14(3)11-15-7-5-6-13(2)10-15/h5-10,12,14H,4,11H2,1-3H3,(H,21,23). The molecule has 0 spiro atoms. The number of ether oxygens (including phenoxy) is 1. The Balaban J connectivity index is 2.20. The number of nitro benzene ring substituents is 1. The van der Waals surface area contributed by atoms with Crippen LogP contribution in [-0.4, -0.2) is 23.4 Å². The smallest absolute Gasteiger partial charge is 0.338 e. The molecule has 0 aliphatic carbocycles. The van der Waals surface area contributed by atoms with Crippen LogP contribution >= 0.6 is 0 Å². The summed E-state index contributed by atoms with van der Waals surface area (Å²) in [6, 6.07) is 11.6. The number of carbonyl (C=O) groups excluding carboxylic acids is 2. The van der Waals surface area contributed by atoms with Crippen LogP contribution in [0.5, 0.6) is 0 Å². The molecular weight excluding hydrogens is 348 g/mol. The summed E-state index contributed by atoms with van der Waals surface area (Å²) in [5.41, 5.74) is 1.94. The Morgan fingerprint density at radius 2 is 1.96 bits per heavy atom. The van der Waals surface area contributed by atoms with Gasteiger partial charge in [0.25, 0.3) is 5.69 Å². The molecule has 2 rings (SSSR count). The molecule has 0 saturated carbocycles. The van der Waals surface area contributed by atoms with Gasteiger partial charge in [-0.25, -0.2) is 4.79 Å². The lowest BCUT2D eigenvalue weighted by molar-refractivity contribution is -0.383. The van der Waals surface area contributed by atoms with Gasteiger partial charge in [0.2, 0.25) is 5.91 Å². The number of benzene rings is 2. The maximum absolute atomic E-state index is 12.5. The van der Waals surface area contributed by atoms with Crippen molar-refractivity contribution in [1.82, 2.24) is 0 Å². The van der Waals surface area contributed by atoms with Crippen molar-refractivity contribution >= 4 is 23.3 Å². The number of hydrogen-bond donors (Lipinski definition) is 1. The van der Waals surface area contributed by atoms with Crippen molar-refractivity contribution in [2.24, 2.45) is 5.92 Å². The summed E-state index contributed by atoms with van der Waals surface area (Å²) in [5, 5.41) is 13.8. The van der Waals surface area contributed by atoms with Gasteiger partial charge in [0.1, 0.15) is 5.69 Å². The molecular formula is C20H22N2O5. The predicted octanol–water partition coefficient (Wildman–Crippen LogP) is 3.90. The van der Waals surface area contributed by atoms with E-state index in [0.717, 1.165) is 11.1 Å². The molecule has 7 heteroatoms. The van der Waals surface area contributed by atoms with Crippen LogP contribution in [0.15, 0.2) is 42.5 Å². The lowest BCUT2D eigenvalue weighted by Gasteiger charge is -2.13. The van der Waals surface area contributed by atoms with Crippen LogP contribution in [0.3, 0.4) is 0 Å². The summed E-state index contributed by atoms with van der Waals surface area (Å²) in [7, 11) is 0. The maximum atomic E-state index is 12.5. The largest absolute Gasteiger partial charge is 0.462 e. The van der Waals surface area contributed by atoms with Crippen molar-refractivity contribution in [2.45, 2.75) is 27.2 Å². The van der Waals surface area contributed by atoms with E-state index in [4.69, 9.17) is 4.74 Å². The fraction of sp³-hybridized carbons (Fsp3) is 0.300. The van der Waals surface area contributed by atoms with E-state index in [1.54, 1.807) is 13.8 Å². The molecule has 0 radical (unpaired) electrons. The van der Waals surface area contributed by atoms with Crippen molar-refractivity contribution < 1.29 is 19.2 Å². The van der Waals surface area contributed by atoms with Crippen LogP contribution in [0, 0.1) is 23.0 Å². The number of esters is 1. The summed E-state index contributed by atoms with van der Waals surface area (Å²) in [6.45, 7) is 5.57. The number of nitro groups is 1. The van der Waals surface area contributed by atoms with E-state index < -0.39 is 16.8 Å². The third-order valence-corrected chi connectivity index (χ3v) is 4.03. The normalized spacial score (nSPS) is 11.5. The average Bonchev–Trinajstić information content (AvgIpc) is 2.61. The molecule has 1 unspecified atom stereocenters. The van der Waals surface area contributed by atoms with Gasteiger partial charge in [0.05, 0.1) is 17.1 Å². The van der Waals surface area contributed by atoms with Crippen LogP contribution in [-0.2, 0) is 16.0 Å². The molecule has 1 atom stereocenters. The van der Waals surface area contributed by atoms with Crippen LogP contribution in [0.25, 0.3) is 0 Å². The van der Waals surface area contributed by atoms with Gasteiger partial charge < -0.3 is 10.1 Å². The van der Waals surface area contributed by atoms with Crippen LogP contribution in [0.4, 0.5) is 11.4 Å². The number of rotatable bonds is 7. The average molecular weight is 370 g/mol. The topological polar surface area (TPSA) is 98.5 Å². The molecule has 0 fully saturated rings. The van der Waals surface area contributed by atoms with Crippen LogP contribution < -0.4 is 5.32 Å². The number of anilines is 1. The fourth-order valence-electron chi connectivity index (χ4n) is 2.68. The lowest BCUT2D eigenvalue weighted by Crippen LogP contribution is -2.23. The number of aryl methyl sites for hydroxylation is 1. The zero-order chi connectivity index (χ0) is 20.0. The molecule has 7 nitrogen and oxygen atoms in total. The van der Waals surface area contributed by atoms with E-state index in [0.29, 0.717) is 6.42 Å². The van der Waals surface area contributed by atoms with Crippen molar-refractivity contribution in [3.05, 3.63) is 69.3 Å². The number of amides is 1. The molecule has 1 amide bonds. The van der Waals surface area contributed by atoms with E-state index >= 15 is 0 Å². The molecule has 142 valence electrons. The van der Waals surface area contributed by atoms with Gasteiger partial charge in [-0.15, -0.1) is 0 Å². The first-order valence-corrected chi connectivity index (χ1v) is 8.63. The van der Waals surface area contributed by atoms with E-state index in [1.165, 1.54) is 18.2 Å². The Hall–Kier alpha value is -3.22. The van der Waals surface area contributed by atoms with E-state index in [-0.39, 0.29) is 29.5 Å². The van der Waals surface area contributed by atoms with E-state index in [1.807, 2.05) is 31.2 Å². The second-order valence-corrected chi connectivity index (χ2v) is 6.29.